The lowest BCUT2D eigenvalue weighted by atomic mass is 10.0. The molecular weight excluding hydrogens is 219 g/mol. The van der Waals surface area contributed by atoms with Gasteiger partial charge in [0.2, 0.25) is 0 Å². The van der Waals surface area contributed by atoms with Crippen molar-refractivity contribution in [3.05, 3.63) is 34.3 Å². The molecule has 14 heavy (non-hydrogen) atoms. The Balaban J connectivity index is 2.83. The summed E-state index contributed by atoms with van der Waals surface area (Å²) in [6.07, 6.45) is 1.16. The molecule has 0 fully saturated rings. The van der Waals surface area contributed by atoms with Gasteiger partial charge in [0, 0.05) is 17.9 Å². The number of benzene rings is 1. The summed E-state index contributed by atoms with van der Waals surface area (Å²) >= 11 is 11.4. The second-order valence-electron chi connectivity index (χ2n) is 3.20. The maximum atomic E-state index is 11.6. The highest BCUT2D eigenvalue weighted by Gasteiger charge is 2.09. The Morgan fingerprint density at radius 1 is 1.43 bits per heavy atom. The number of rotatable bonds is 4. The van der Waals surface area contributed by atoms with E-state index < -0.39 is 0 Å². The Labute approximate surface area is 94.0 Å². The van der Waals surface area contributed by atoms with E-state index in [0.717, 1.165) is 5.56 Å². The van der Waals surface area contributed by atoms with Crippen LogP contribution in [0.25, 0.3) is 0 Å². The lowest BCUT2D eigenvalue weighted by molar-refractivity contribution is 0.0982. The fraction of sp³-hybridized carbons (Fsp3) is 0.364. The van der Waals surface area contributed by atoms with Crippen molar-refractivity contribution in [2.24, 2.45) is 0 Å². The quantitative estimate of drug-likeness (QED) is 0.568. The van der Waals surface area contributed by atoms with Crippen LogP contribution in [0.5, 0.6) is 0 Å². The lowest BCUT2D eigenvalue weighted by Gasteiger charge is -2.03. The van der Waals surface area contributed by atoms with Gasteiger partial charge in [-0.3, -0.25) is 4.79 Å². The first-order valence-corrected chi connectivity index (χ1v) is 5.41. The Hall–Kier alpha value is -0.530. The van der Waals surface area contributed by atoms with E-state index in [4.69, 9.17) is 23.2 Å². The van der Waals surface area contributed by atoms with E-state index >= 15 is 0 Å². The van der Waals surface area contributed by atoms with Gasteiger partial charge in [-0.05, 0) is 25.5 Å². The fourth-order valence-electron chi connectivity index (χ4n) is 1.21. The predicted molar refractivity (Wildman–Crippen MR) is 60.5 cm³/mol. The molecule has 0 aliphatic rings. The monoisotopic (exact) mass is 230 g/mol. The van der Waals surface area contributed by atoms with Gasteiger partial charge in [0.05, 0.1) is 5.02 Å². The van der Waals surface area contributed by atoms with Gasteiger partial charge >= 0.3 is 0 Å². The summed E-state index contributed by atoms with van der Waals surface area (Å²) in [4.78, 5) is 11.6. The number of hydrogen-bond acceptors (Lipinski definition) is 1. The van der Waals surface area contributed by atoms with Crippen molar-refractivity contribution in [3.63, 3.8) is 0 Å². The van der Waals surface area contributed by atoms with Crippen molar-refractivity contribution in [2.75, 3.05) is 5.88 Å². The van der Waals surface area contributed by atoms with Crippen molar-refractivity contribution in [1.29, 1.82) is 0 Å². The van der Waals surface area contributed by atoms with Gasteiger partial charge in [-0.15, -0.1) is 11.6 Å². The van der Waals surface area contributed by atoms with E-state index in [9.17, 15) is 4.79 Å². The van der Waals surface area contributed by atoms with E-state index in [2.05, 4.69) is 0 Å². The zero-order valence-corrected chi connectivity index (χ0v) is 9.53. The molecule has 0 heterocycles. The smallest absolute Gasteiger partial charge is 0.164 e. The molecule has 0 aromatic heterocycles. The molecule has 0 amide bonds. The zero-order valence-electron chi connectivity index (χ0n) is 8.02. The Morgan fingerprint density at radius 3 is 2.79 bits per heavy atom. The first kappa shape index (κ1) is 11.5. The summed E-state index contributed by atoms with van der Waals surface area (Å²) in [7, 11) is 0. The van der Waals surface area contributed by atoms with Crippen LogP contribution in [0, 0.1) is 6.92 Å². The number of alkyl halides is 1. The van der Waals surface area contributed by atoms with Crippen LogP contribution in [0.15, 0.2) is 18.2 Å². The molecule has 0 bridgehead atoms. The van der Waals surface area contributed by atoms with Crippen LogP contribution < -0.4 is 0 Å². The van der Waals surface area contributed by atoms with Gasteiger partial charge in [0.1, 0.15) is 0 Å². The van der Waals surface area contributed by atoms with Crippen LogP contribution in [0.1, 0.15) is 28.8 Å². The molecule has 0 atom stereocenters. The van der Waals surface area contributed by atoms with Crippen molar-refractivity contribution < 1.29 is 4.79 Å². The maximum absolute atomic E-state index is 11.6. The van der Waals surface area contributed by atoms with Gasteiger partial charge in [-0.1, -0.05) is 23.2 Å². The molecule has 0 radical (unpaired) electrons. The minimum atomic E-state index is 0.0688. The second kappa shape index (κ2) is 5.38. The molecule has 1 nitrogen and oxygen atoms in total. The molecule has 1 aromatic rings. The summed E-state index contributed by atoms with van der Waals surface area (Å²) in [5.41, 5.74) is 1.65. The van der Waals surface area contributed by atoms with Crippen LogP contribution >= 0.6 is 23.2 Å². The number of hydrogen-bond donors (Lipinski definition) is 0. The average Bonchev–Trinajstić information content (AvgIpc) is 2.18. The SMILES string of the molecule is Cc1ccc(Cl)c(C(=O)CCCCl)c1. The zero-order chi connectivity index (χ0) is 10.6. The average molecular weight is 231 g/mol. The van der Waals surface area contributed by atoms with Crippen LogP contribution in [0.3, 0.4) is 0 Å². The molecule has 0 N–H and O–H groups in total. The number of carbonyl (C=O) groups excluding carboxylic acids is 1. The molecule has 0 saturated carbocycles. The van der Waals surface area contributed by atoms with Gasteiger partial charge in [0.25, 0.3) is 0 Å². The number of carbonyl (C=O) groups is 1. The van der Waals surface area contributed by atoms with Crippen molar-refractivity contribution >= 4 is 29.0 Å². The van der Waals surface area contributed by atoms with Crippen LogP contribution in [-0.4, -0.2) is 11.7 Å². The highest BCUT2D eigenvalue weighted by Crippen LogP contribution is 2.19. The van der Waals surface area contributed by atoms with Crippen LogP contribution in [-0.2, 0) is 0 Å². The lowest BCUT2D eigenvalue weighted by Crippen LogP contribution is -2.00. The number of aryl methyl sites for hydroxylation is 1. The predicted octanol–water partition coefficient (Wildman–Crippen LogP) is 3.85. The summed E-state index contributed by atoms with van der Waals surface area (Å²) < 4.78 is 0. The molecule has 0 aliphatic carbocycles. The molecule has 1 rings (SSSR count). The molecule has 0 unspecified atom stereocenters. The Kier molecular flexibility index (Phi) is 4.43. The topological polar surface area (TPSA) is 17.1 Å². The molecule has 76 valence electrons. The number of ketones is 1. The summed E-state index contributed by atoms with van der Waals surface area (Å²) in [6.45, 7) is 1.94. The molecule has 3 heteroatoms. The molecular formula is C11H12Cl2O. The standard InChI is InChI=1S/C11H12Cl2O/c1-8-4-5-10(13)9(7-8)11(14)3-2-6-12/h4-5,7H,2-3,6H2,1H3. The van der Waals surface area contributed by atoms with Crippen LogP contribution in [0.2, 0.25) is 5.02 Å². The molecule has 0 saturated heterocycles. The van der Waals surface area contributed by atoms with E-state index in [1.807, 2.05) is 19.1 Å². The van der Waals surface area contributed by atoms with E-state index in [-0.39, 0.29) is 5.78 Å². The molecule has 0 spiro atoms. The largest absolute Gasteiger partial charge is 0.294 e. The number of Topliss-reactive ketones (excluding diaryl/α,β-unsaturated/α-hetero) is 1. The van der Waals surface area contributed by atoms with E-state index in [1.165, 1.54) is 0 Å². The van der Waals surface area contributed by atoms with E-state index in [1.54, 1.807) is 6.07 Å². The highest BCUT2D eigenvalue weighted by atomic mass is 35.5. The normalized spacial score (nSPS) is 10.2. The third-order valence-corrected chi connectivity index (χ3v) is 2.56. The molecule has 0 aliphatic heterocycles. The number of halogens is 2. The fourth-order valence-corrected chi connectivity index (χ4v) is 1.57. The highest BCUT2D eigenvalue weighted by molar-refractivity contribution is 6.34. The molecule has 1 aromatic carbocycles. The Bertz CT molecular complexity index is 334. The van der Waals surface area contributed by atoms with Crippen LogP contribution in [0.4, 0.5) is 0 Å². The van der Waals surface area contributed by atoms with Gasteiger partial charge < -0.3 is 0 Å². The maximum Gasteiger partial charge on any atom is 0.164 e. The Morgan fingerprint density at radius 2 is 2.14 bits per heavy atom. The van der Waals surface area contributed by atoms with E-state index in [0.29, 0.717) is 29.3 Å². The van der Waals surface area contributed by atoms with Crippen molar-refractivity contribution in [2.45, 2.75) is 19.8 Å². The summed E-state index contributed by atoms with van der Waals surface area (Å²) in [5, 5.41) is 0.523. The van der Waals surface area contributed by atoms with Gasteiger partial charge in [-0.2, -0.15) is 0 Å². The third-order valence-electron chi connectivity index (χ3n) is 1.96. The minimum Gasteiger partial charge on any atom is -0.294 e. The minimum absolute atomic E-state index is 0.0688. The first-order valence-electron chi connectivity index (χ1n) is 4.50. The van der Waals surface area contributed by atoms with Gasteiger partial charge in [0.15, 0.2) is 5.78 Å². The summed E-state index contributed by atoms with van der Waals surface area (Å²) in [5.74, 6) is 0.578. The third kappa shape index (κ3) is 3.00. The van der Waals surface area contributed by atoms with Gasteiger partial charge in [-0.25, -0.2) is 0 Å². The van der Waals surface area contributed by atoms with Crippen molar-refractivity contribution in [3.8, 4) is 0 Å². The second-order valence-corrected chi connectivity index (χ2v) is 3.98. The summed E-state index contributed by atoms with van der Waals surface area (Å²) in [6, 6.07) is 5.46. The first-order chi connectivity index (χ1) is 6.65. The van der Waals surface area contributed by atoms with Crippen molar-refractivity contribution in [1.82, 2.24) is 0 Å².